The molecule has 0 aromatic rings. The molecule has 1 aliphatic heterocycles. The van der Waals surface area contributed by atoms with Gasteiger partial charge in [-0.1, -0.05) is 33.1 Å². The molecule has 0 spiro atoms. The molecule has 18 heavy (non-hydrogen) atoms. The molecule has 2 atom stereocenters. The normalized spacial score (nSPS) is 36.6. The van der Waals surface area contributed by atoms with Crippen LogP contribution in [0.4, 0.5) is 0 Å². The number of nitrogens with one attached hydrogen (secondary N) is 2. The molecule has 1 saturated carbocycles. The quantitative estimate of drug-likeness (QED) is 0.806. The van der Waals surface area contributed by atoms with Crippen LogP contribution in [0.3, 0.4) is 0 Å². The maximum atomic E-state index is 12.0. The number of carbonyl (C=O) groups excluding carboxylic acids is 1. The van der Waals surface area contributed by atoms with E-state index in [0.717, 1.165) is 25.4 Å². The van der Waals surface area contributed by atoms with Gasteiger partial charge in [0, 0.05) is 6.54 Å². The lowest BCUT2D eigenvalue weighted by atomic mass is 9.81. The highest BCUT2D eigenvalue weighted by molar-refractivity contribution is 5.82. The zero-order chi connectivity index (χ0) is 13.0. The summed E-state index contributed by atoms with van der Waals surface area (Å²) in [5.41, 5.74) is 0. The minimum atomic E-state index is 0.0528. The van der Waals surface area contributed by atoms with E-state index in [1.807, 2.05) is 0 Å². The fourth-order valence-electron chi connectivity index (χ4n) is 3.38. The lowest BCUT2D eigenvalue weighted by Crippen LogP contribution is -2.45. The van der Waals surface area contributed by atoms with E-state index in [1.54, 1.807) is 0 Å². The van der Waals surface area contributed by atoms with Gasteiger partial charge < -0.3 is 10.6 Å². The summed E-state index contributed by atoms with van der Waals surface area (Å²) in [7, 11) is 0. The van der Waals surface area contributed by atoms with Crippen LogP contribution in [-0.2, 0) is 4.79 Å². The lowest BCUT2D eigenvalue weighted by molar-refractivity contribution is -0.123. The van der Waals surface area contributed by atoms with Crippen LogP contribution in [0, 0.1) is 17.8 Å². The van der Waals surface area contributed by atoms with Crippen molar-refractivity contribution in [2.45, 2.75) is 58.4 Å². The Hall–Kier alpha value is -0.570. The molecule has 3 heteroatoms. The third kappa shape index (κ3) is 3.47. The van der Waals surface area contributed by atoms with Gasteiger partial charge in [0.05, 0.1) is 6.04 Å². The molecule has 2 unspecified atom stereocenters. The summed E-state index contributed by atoms with van der Waals surface area (Å²) in [6, 6.07) is 0.0528. The first-order valence-corrected chi connectivity index (χ1v) is 7.71. The summed E-state index contributed by atoms with van der Waals surface area (Å²) >= 11 is 0. The highest BCUT2D eigenvalue weighted by Gasteiger charge is 2.29. The maximum Gasteiger partial charge on any atom is 0.237 e. The van der Waals surface area contributed by atoms with Gasteiger partial charge in [0.25, 0.3) is 0 Å². The molecule has 104 valence electrons. The van der Waals surface area contributed by atoms with Crippen molar-refractivity contribution < 1.29 is 4.79 Å². The molecule has 0 bridgehead atoms. The highest BCUT2D eigenvalue weighted by Crippen LogP contribution is 2.30. The van der Waals surface area contributed by atoms with Crippen LogP contribution >= 0.6 is 0 Å². The Labute approximate surface area is 111 Å². The zero-order valence-electron chi connectivity index (χ0n) is 11.9. The SMILES string of the molecule is CCC1CCC(CNC(=O)C2NCCC2C)CC1. The third-order valence-electron chi connectivity index (χ3n) is 4.92. The molecule has 2 rings (SSSR count). The predicted molar refractivity (Wildman–Crippen MR) is 74.3 cm³/mol. The molecule has 1 amide bonds. The first kappa shape index (κ1) is 13.9. The van der Waals surface area contributed by atoms with Gasteiger partial charge in [0.1, 0.15) is 0 Å². The summed E-state index contributed by atoms with van der Waals surface area (Å²) in [5.74, 6) is 2.36. The summed E-state index contributed by atoms with van der Waals surface area (Å²) in [5, 5.41) is 6.45. The molecule has 0 radical (unpaired) electrons. The first-order valence-electron chi connectivity index (χ1n) is 7.71. The maximum absolute atomic E-state index is 12.0. The molecule has 0 aromatic carbocycles. The topological polar surface area (TPSA) is 41.1 Å². The number of rotatable bonds is 4. The van der Waals surface area contributed by atoms with E-state index in [4.69, 9.17) is 0 Å². The van der Waals surface area contributed by atoms with Crippen LogP contribution in [0.1, 0.15) is 52.4 Å². The summed E-state index contributed by atoms with van der Waals surface area (Å²) in [4.78, 5) is 12.0. The van der Waals surface area contributed by atoms with E-state index in [0.29, 0.717) is 11.8 Å². The van der Waals surface area contributed by atoms with Crippen LogP contribution in [0.2, 0.25) is 0 Å². The van der Waals surface area contributed by atoms with Crippen molar-refractivity contribution in [2.75, 3.05) is 13.1 Å². The number of hydrogen-bond acceptors (Lipinski definition) is 2. The van der Waals surface area contributed by atoms with Crippen molar-refractivity contribution in [3.05, 3.63) is 0 Å². The van der Waals surface area contributed by atoms with Crippen LogP contribution in [0.25, 0.3) is 0 Å². The molecule has 1 saturated heterocycles. The number of amides is 1. The van der Waals surface area contributed by atoms with Gasteiger partial charge in [-0.3, -0.25) is 4.79 Å². The van der Waals surface area contributed by atoms with Crippen molar-refractivity contribution in [3.8, 4) is 0 Å². The van der Waals surface area contributed by atoms with E-state index < -0.39 is 0 Å². The molecule has 0 aromatic heterocycles. The van der Waals surface area contributed by atoms with Gasteiger partial charge >= 0.3 is 0 Å². The molecule has 2 fully saturated rings. The Balaban J connectivity index is 1.67. The average molecular weight is 252 g/mol. The van der Waals surface area contributed by atoms with E-state index in [9.17, 15) is 4.79 Å². The standard InChI is InChI=1S/C15H28N2O/c1-3-12-4-6-13(7-5-12)10-17-15(18)14-11(2)8-9-16-14/h11-14,16H,3-10H2,1-2H3,(H,17,18). The Kier molecular flexibility index (Phi) is 5.04. The largest absolute Gasteiger partial charge is 0.354 e. The second-order valence-electron chi connectivity index (χ2n) is 6.24. The minimum absolute atomic E-state index is 0.0528. The summed E-state index contributed by atoms with van der Waals surface area (Å²) in [6.07, 6.45) is 7.76. The third-order valence-corrected chi connectivity index (χ3v) is 4.92. The van der Waals surface area contributed by atoms with Crippen molar-refractivity contribution in [1.82, 2.24) is 10.6 Å². The Bertz CT molecular complexity index is 272. The predicted octanol–water partition coefficient (Wildman–Crippen LogP) is 2.32. The van der Waals surface area contributed by atoms with Crippen molar-refractivity contribution >= 4 is 5.91 Å². The van der Waals surface area contributed by atoms with Crippen LogP contribution < -0.4 is 10.6 Å². The average Bonchev–Trinajstić information content (AvgIpc) is 2.83. The van der Waals surface area contributed by atoms with E-state index in [1.165, 1.54) is 32.1 Å². The van der Waals surface area contributed by atoms with Crippen LogP contribution in [-0.4, -0.2) is 25.0 Å². The monoisotopic (exact) mass is 252 g/mol. The first-order chi connectivity index (χ1) is 8.70. The van der Waals surface area contributed by atoms with Crippen molar-refractivity contribution in [2.24, 2.45) is 17.8 Å². The van der Waals surface area contributed by atoms with Gasteiger partial charge in [-0.2, -0.15) is 0 Å². The Morgan fingerprint density at radius 2 is 1.83 bits per heavy atom. The molecule has 1 aliphatic carbocycles. The van der Waals surface area contributed by atoms with Crippen molar-refractivity contribution in [3.63, 3.8) is 0 Å². The van der Waals surface area contributed by atoms with Crippen LogP contribution in [0.5, 0.6) is 0 Å². The summed E-state index contributed by atoms with van der Waals surface area (Å²) < 4.78 is 0. The Morgan fingerprint density at radius 1 is 1.17 bits per heavy atom. The van der Waals surface area contributed by atoms with E-state index >= 15 is 0 Å². The lowest BCUT2D eigenvalue weighted by Gasteiger charge is -2.28. The minimum Gasteiger partial charge on any atom is -0.354 e. The van der Waals surface area contributed by atoms with Crippen molar-refractivity contribution in [1.29, 1.82) is 0 Å². The number of hydrogen-bond donors (Lipinski definition) is 2. The van der Waals surface area contributed by atoms with Gasteiger partial charge in [0.15, 0.2) is 0 Å². The van der Waals surface area contributed by atoms with Gasteiger partial charge in [0.2, 0.25) is 5.91 Å². The molecule has 2 aliphatic rings. The zero-order valence-corrected chi connectivity index (χ0v) is 11.9. The second-order valence-corrected chi connectivity index (χ2v) is 6.24. The molecular formula is C15H28N2O. The van der Waals surface area contributed by atoms with Crippen LogP contribution in [0.15, 0.2) is 0 Å². The highest BCUT2D eigenvalue weighted by atomic mass is 16.2. The van der Waals surface area contributed by atoms with Gasteiger partial charge in [-0.25, -0.2) is 0 Å². The summed E-state index contributed by atoms with van der Waals surface area (Å²) in [6.45, 7) is 6.33. The Morgan fingerprint density at radius 3 is 2.39 bits per heavy atom. The van der Waals surface area contributed by atoms with E-state index in [-0.39, 0.29) is 11.9 Å². The smallest absolute Gasteiger partial charge is 0.237 e. The molecular weight excluding hydrogens is 224 g/mol. The number of carbonyl (C=O) groups is 1. The molecule has 3 nitrogen and oxygen atoms in total. The van der Waals surface area contributed by atoms with Gasteiger partial charge in [-0.05, 0) is 43.6 Å². The van der Waals surface area contributed by atoms with E-state index in [2.05, 4.69) is 24.5 Å². The second kappa shape index (κ2) is 6.55. The molecule has 2 N–H and O–H groups in total. The fraction of sp³-hybridized carbons (Fsp3) is 0.933. The fourth-order valence-corrected chi connectivity index (χ4v) is 3.38. The van der Waals surface area contributed by atoms with Gasteiger partial charge in [-0.15, -0.1) is 0 Å². The molecule has 1 heterocycles.